The standard InChI is InChI=1S/C34H46/c1-23-9-13-31(29(7)17-23)19-25(3)11-15-33-21-27(5)28(6)22-34(33)16-12-26(4)20-32-14-10-24(2)18-30(32)8/h9-10,13-14,17-18,21-22,25-26H,11-12,15-16,19-20H2,1-8H3. The van der Waals surface area contributed by atoms with Gasteiger partial charge in [0.25, 0.3) is 0 Å². The molecule has 34 heavy (non-hydrogen) atoms. The number of rotatable bonds is 10. The molecule has 2 unspecified atom stereocenters. The molecule has 0 aliphatic heterocycles. The molecule has 0 heteroatoms. The Balaban J connectivity index is 1.62. The summed E-state index contributed by atoms with van der Waals surface area (Å²) in [7, 11) is 0. The Morgan fingerprint density at radius 1 is 0.471 bits per heavy atom. The van der Waals surface area contributed by atoms with E-state index in [0.29, 0.717) is 11.8 Å². The molecule has 2 atom stereocenters. The summed E-state index contributed by atoms with van der Waals surface area (Å²) in [6, 6.07) is 18.8. The van der Waals surface area contributed by atoms with Crippen LogP contribution in [0.3, 0.4) is 0 Å². The van der Waals surface area contributed by atoms with Crippen LogP contribution in [0, 0.1) is 53.4 Å². The smallest absolute Gasteiger partial charge is 0.0250 e. The summed E-state index contributed by atoms with van der Waals surface area (Å²) in [5, 5.41) is 0. The van der Waals surface area contributed by atoms with Gasteiger partial charge in [-0.1, -0.05) is 73.5 Å². The van der Waals surface area contributed by atoms with Crippen LogP contribution in [0.1, 0.15) is 82.3 Å². The van der Waals surface area contributed by atoms with E-state index in [1.807, 2.05) is 0 Å². The molecule has 0 fully saturated rings. The maximum Gasteiger partial charge on any atom is -0.0250 e. The minimum Gasteiger partial charge on any atom is -0.0622 e. The molecule has 0 N–H and O–H groups in total. The van der Waals surface area contributed by atoms with Gasteiger partial charge in [0.15, 0.2) is 0 Å². The molecule has 0 heterocycles. The van der Waals surface area contributed by atoms with E-state index in [0.717, 1.165) is 0 Å². The molecule has 0 aliphatic carbocycles. The molecule has 3 rings (SSSR count). The van der Waals surface area contributed by atoms with Crippen molar-refractivity contribution in [2.75, 3.05) is 0 Å². The first-order valence-corrected chi connectivity index (χ1v) is 13.3. The summed E-state index contributed by atoms with van der Waals surface area (Å²) >= 11 is 0. The van der Waals surface area contributed by atoms with Gasteiger partial charge in [-0.15, -0.1) is 0 Å². The Kier molecular flexibility index (Phi) is 9.17. The van der Waals surface area contributed by atoms with Gasteiger partial charge < -0.3 is 0 Å². The van der Waals surface area contributed by atoms with E-state index in [2.05, 4.69) is 104 Å². The molecule has 0 aliphatic rings. The van der Waals surface area contributed by atoms with Crippen molar-refractivity contribution < 1.29 is 0 Å². The Morgan fingerprint density at radius 2 is 0.853 bits per heavy atom. The second kappa shape index (κ2) is 11.9. The maximum absolute atomic E-state index is 2.48. The lowest BCUT2D eigenvalue weighted by molar-refractivity contribution is 0.517. The van der Waals surface area contributed by atoms with Crippen molar-refractivity contribution in [3.63, 3.8) is 0 Å². The predicted octanol–water partition coefficient (Wildman–Crippen LogP) is 9.16. The Hall–Kier alpha value is -2.34. The van der Waals surface area contributed by atoms with Crippen LogP contribution in [0.25, 0.3) is 0 Å². The molecule has 0 bridgehead atoms. The van der Waals surface area contributed by atoms with Gasteiger partial charge in [0.1, 0.15) is 0 Å². The first-order chi connectivity index (χ1) is 16.1. The highest BCUT2D eigenvalue weighted by Gasteiger charge is 2.13. The fourth-order valence-corrected chi connectivity index (χ4v) is 5.31. The molecule has 0 saturated carbocycles. The van der Waals surface area contributed by atoms with Gasteiger partial charge in [0.05, 0.1) is 0 Å². The second-order valence-corrected chi connectivity index (χ2v) is 11.3. The van der Waals surface area contributed by atoms with Crippen LogP contribution in [-0.4, -0.2) is 0 Å². The SMILES string of the molecule is Cc1ccc(CC(C)CCc2cc(C)c(C)cc2CCC(C)Cc2ccc(C)cc2C)c(C)c1. The van der Waals surface area contributed by atoms with E-state index in [1.165, 1.54) is 83.0 Å². The summed E-state index contributed by atoms with van der Waals surface area (Å²) in [5.41, 5.74) is 14.7. The molecule has 0 amide bonds. The lowest BCUT2D eigenvalue weighted by Gasteiger charge is -2.19. The lowest BCUT2D eigenvalue weighted by Crippen LogP contribution is -2.07. The third-order valence-electron chi connectivity index (χ3n) is 7.76. The minimum atomic E-state index is 0.694. The summed E-state index contributed by atoms with van der Waals surface area (Å²) < 4.78 is 0. The zero-order valence-corrected chi connectivity index (χ0v) is 23.0. The fraction of sp³-hybridized carbons (Fsp3) is 0.471. The number of aryl methyl sites for hydroxylation is 8. The highest BCUT2D eigenvalue weighted by Crippen LogP contribution is 2.25. The first-order valence-electron chi connectivity index (χ1n) is 13.3. The zero-order chi connectivity index (χ0) is 24.8. The summed E-state index contributed by atoms with van der Waals surface area (Å²) in [6.45, 7) is 18.3. The van der Waals surface area contributed by atoms with Gasteiger partial charge in [-0.2, -0.15) is 0 Å². The van der Waals surface area contributed by atoms with E-state index < -0.39 is 0 Å². The Labute approximate surface area is 209 Å². The van der Waals surface area contributed by atoms with Crippen LogP contribution < -0.4 is 0 Å². The van der Waals surface area contributed by atoms with E-state index in [1.54, 1.807) is 11.1 Å². The van der Waals surface area contributed by atoms with Gasteiger partial charge in [0.2, 0.25) is 0 Å². The Morgan fingerprint density at radius 3 is 1.21 bits per heavy atom. The van der Waals surface area contributed by atoms with Crippen molar-refractivity contribution in [1.29, 1.82) is 0 Å². The van der Waals surface area contributed by atoms with E-state index in [4.69, 9.17) is 0 Å². The van der Waals surface area contributed by atoms with Crippen molar-refractivity contribution in [2.24, 2.45) is 11.8 Å². The van der Waals surface area contributed by atoms with Gasteiger partial charge in [-0.25, -0.2) is 0 Å². The quantitative estimate of drug-likeness (QED) is 0.286. The average Bonchev–Trinajstić information content (AvgIpc) is 2.77. The molecule has 0 saturated heterocycles. The number of hydrogen-bond donors (Lipinski definition) is 0. The van der Waals surface area contributed by atoms with E-state index in [-0.39, 0.29) is 0 Å². The largest absolute Gasteiger partial charge is 0.0622 e. The molecular formula is C34H46. The average molecular weight is 455 g/mol. The van der Waals surface area contributed by atoms with Gasteiger partial charge in [-0.3, -0.25) is 0 Å². The van der Waals surface area contributed by atoms with E-state index >= 15 is 0 Å². The molecule has 0 radical (unpaired) electrons. The van der Waals surface area contributed by atoms with Crippen molar-refractivity contribution in [3.05, 3.63) is 104 Å². The lowest BCUT2D eigenvalue weighted by atomic mass is 9.87. The summed E-state index contributed by atoms with van der Waals surface area (Å²) in [4.78, 5) is 0. The van der Waals surface area contributed by atoms with Gasteiger partial charge in [-0.05, 0) is 136 Å². The topological polar surface area (TPSA) is 0 Å². The second-order valence-electron chi connectivity index (χ2n) is 11.3. The van der Waals surface area contributed by atoms with E-state index in [9.17, 15) is 0 Å². The fourth-order valence-electron chi connectivity index (χ4n) is 5.31. The monoisotopic (exact) mass is 454 g/mol. The Bertz CT molecular complexity index is 1010. The maximum atomic E-state index is 2.48. The van der Waals surface area contributed by atoms with Crippen LogP contribution in [0.15, 0.2) is 48.5 Å². The highest BCUT2D eigenvalue weighted by atomic mass is 14.2. The molecule has 0 aromatic heterocycles. The molecule has 3 aromatic carbocycles. The van der Waals surface area contributed by atoms with Crippen molar-refractivity contribution in [3.8, 4) is 0 Å². The summed E-state index contributed by atoms with van der Waals surface area (Å²) in [5.74, 6) is 1.39. The van der Waals surface area contributed by atoms with Crippen LogP contribution in [0.2, 0.25) is 0 Å². The number of benzene rings is 3. The minimum absolute atomic E-state index is 0.694. The summed E-state index contributed by atoms with van der Waals surface area (Å²) in [6.07, 6.45) is 7.24. The predicted molar refractivity (Wildman–Crippen MR) is 150 cm³/mol. The molecule has 0 nitrogen and oxygen atoms in total. The van der Waals surface area contributed by atoms with Gasteiger partial charge in [0, 0.05) is 0 Å². The van der Waals surface area contributed by atoms with Crippen LogP contribution >= 0.6 is 0 Å². The molecule has 0 spiro atoms. The molecule has 3 aromatic rings. The van der Waals surface area contributed by atoms with Gasteiger partial charge >= 0.3 is 0 Å². The molecule has 182 valence electrons. The third kappa shape index (κ3) is 7.33. The van der Waals surface area contributed by atoms with Crippen LogP contribution in [0.5, 0.6) is 0 Å². The first kappa shape index (κ1) is 26.3. The van der Waals surface area contributed by atoms with Crippen LogP contribution in [0.4, 0.5) is 0 Å². The molecular weight excluding hydrogens is 408 g/mol. The van der Waals surface area contributed by atoms with Crippen molar-refractivity contribution in [2.45, 2.75) is 93.9 Å². The third-order valence-corrected chi connectivity index (χ3v) is 7.76. The van der Waals surface area contributed by atoms with Crippen molar-refractivity contribution in [1.82, 2.24) is 0 Å². The van der Waals surface area contributed by atoms with Crippen LogP contribution in [-0.2, 0) is 25.7 Å². The normalized spacial score (nSPS) is 13.2. The highest BCUT2D eigenvalue weighted by molar-refractivity contribution is 5.38. The van der Waals surface area contributed by atoms with Crippen molar-refractivity contribution >= 4 is 0 Å². The zero-order valence-electron chi connectivity index (χ0n) is 23.0. The number of hydrogen-bond acceptors (Lipinski definition) is 0.